The van der Waals surface area contributed by atoms with E-state index in [1.807, 2.05) is 53.1 Å². The Hall–Kier alpha value is -3.51. The minimum atomic E-state index is -0.605. The predicted octanol–water partition coefficient (Wildman–Crippen LogP) is 4.37. The summed E-state index contributed by atoms with van der Waals surface area (Å²) in [6.07, 6.45) is 0. The van der Waals surface area contributed by atoms with Crippen LogP contribution >= 0.6 is 11.6 Å². The molecule has 0 unspecified atom stereocenters. The minimum Gasteiger partial charge on any atom is -0.497 e. The molecule has 0 saturated carbocycles. The highest BCUT2D eigenvalue weighted by Crippen LogP contribution is 2.26. The van der Waals surface area contributed by atoms with Crippen LogP contribution in [0.4, 0.5) is 0 Å². The number of primary amides is 1. The smallest absolute Gasteiger partial charge is 0.252 e. The first kappa shape index (κ1) is 18.8. The topological polar surface area (TPSA) is 79.4 Å². The summed E-state index contributed by atoms with van der Waals surface area (Å²) in [6, 6.07) is 20.3. The Morgan fingerprint density at radius 2 is 1.86 bits per heavy atom. The number of carbonyl (C=O) groups is 1. The molecule has 146 valence electrons. The first-order valence-corrected chi connectivity index (χ1v) is 9.27. The van der Waals surface area contributed by atoms with Crippen LogP contribution in [0.5, 0.6) is 11.5 Å². The van der Waals surface area contributed by atoms with Crippen molar-refractivity contribution in [3.05, 3.63) is 83.1 Å². The maximum atomic E-state index is 11.7. The summed E-state index contributed by atoms with van der Waals surface area (Å²) in [4.78, 5) is 16.4. The van der Waals surface area contributed by atoms with Gasteiger partial charge in [0.15, 0.2) is 5.82 Å². The van der Waals surface area contributed by atoms with Gasteiger partial charge in [-0.3, -0.25) is 9.36 Å². The lowest BCUT2D eigenvalue weighted by Gasteiger charge is -2.13. The van der Waals surface area contributed by atoms with Crippen molar-refractivity contribution in [3.8, 4) is 17.2 Å². The van der Waals surface area contributed by atoms with Gasteiger partial charge >= 0.3 is 0 Å². The number of benzene rings is 3. The molecule has 3 aromatic carbocycles. The molecule has 1 aromatic heterocycles. The molecule has 0 aliphatic heterocycles. The molecule has 0 bridgehead atoms. The van der Waals surface area contributed by atoms with Crippen molar-refractivity contribution >= 4 is 28.5 Å². The Bertz CT molecular complexity index is 1190. The zero-order valence-corrected chi connectivity index (χ0v) is 16.4. The number of carbonyl (C=O) groups excluding carboxylic acids is 1. The second-order valence-electron chi connectivity index (χ2n) is 6.34. The molecule has 0 spiro atoms. The first-order valence-electron chi connectivity index (χ1n) is 8.90. The van der Waals surface area contributed by atoms with E-state index in [2.05, 4.69) is 0 Å². The van der Waals surface area contributed by atoms with Crippen LogP contribution in [-0.2, 0) is 6.61 Å². The zero-order chi connectivity index (χ0) is 20.4. The fourth-order valence-corrected chi connectivity index (χ4v) is 3.33. The summed E-state index contributed by atoms with van der Waals surface area (Å²) < 4.78 is 13.2. The third-order valence-electron chi connectivity index (χ3n) is 4.52. The van der Waals surface area contributed by atoms with Crippen LogP contribution < -0.4 is 15.2 Å². The molecule has 1 heterocycles. The Balaban J connectivity index is 1.74. The molecule has 0 aliphatic rings. The van der Waals surface area contributed by atoms with E-state index in [4.69, 9.17) is 31.8 Å². The largest absolute Gasteiger partial charge is 0.497 e. The molecule has 0 atom stereocenters. The maximum absolute atomic E-state index is 11.7. The van der Waals surface area contributed by atoms with Crippen molar-refractivity contribution in [3.63, 3.8) is 0 Å². The summed E-state index contributed by atoms with van der Waals surface area (Å²) in [5, 5.41) is 0.414. The van der Waals surface area contributed by atoms with Gasteiger partial charge in [-0.2, -0.15) is 0 Å². The fourth-order valence-electron chi connectivity index (χ4n) is 3.16. The zero-order valence-electron chi connectivity index (χ0n) is 15.6. The number of hydrogen-bond donors (Lipinski definition) is 1. The number of ether oxygens (including phenoxy) is 2. The van der Waals surface area contributed by atoms with E-state index in [1.165, 1.54) is 6.07 Å². The van der Waals surface area contributed by atoms with Crippen molar-refractivity contribution in [2.75, 3.05) is 7.11 Å². The number of para-hydroxylation sites is 2. The first-order chi connectivity index (χ1) is 14.1. The lowest BCUT2D eigenvalue weighted by atomic mass is 10.2. The van der Waals surface area contributed by atoms with Gasteiger partial charge in [0.1, 0.15) is 18.1 Å². The summed E-state index contributed by atoms with van der Waals surface area (Å²) in [7, 11) is 1.63. The third kappa shape index (κ3) is 3.75. The number of rotatable bonds is 6. The van der Waals surface area contributed by atoms with Crippen LogP contribution in [0.2, 0.25) is 5.02 Å². The predicted molar refractivity (Wildman–Crippen MR) is 112 cm³/mol. The number of fused-ring (bicyclic) bond motifs is 1. The monoisotopic (exact) mass is 407 g/mol. The molecule has 0 aliphatic carbocycles. The molecule has 1 amide bonds. The Labute approximate surface area is 172 Å². The summed E-state index contributed by atoms with van der Waals surface area (Å²) >= 11 is 5.97. The lowest BCUT2D eigenvalue weighted by Crippen LogP contribution is -2.14. The van der Waals surface area contributed by atoms with Crippen molar-refractivity contribution in [1.29, 1.82) is 0 Å². The van der Waals surface area contributed by atoms with Crippen molar-refractivity contribution in [2.45, 2.75) is 6.61 Å². The molecule has 0 saturated heterocycles. The van der Waals surface area contributed by atoms with Crippen LogP contribution in [0.15, 0.2) is 66.7 Å². The molecule has 4 rings (SSSR count). The van der Waals surface area contributed by atoms with Gasteiger partial charge in [-0.05, 0) is 54.6 Å². The molecule has 2 N–H and O–H groups in total. The van der Waals surface area contributed by atoms with Gasteiger partial charge in [0, 0.05) is 10.7 Å². The van der Waals surface area contributed by atoms with Gasteiger partial charge in [-0.15, -0.1) is 0 Å². The number of nitrogens with two attached hydrogens (primary N) is 1. The molecule has 0 radical (unpaired) electrons. The number of amides is 1. The van der Waals surface area contributed by atoms with Crippen LogP contribution in [0.3, 0.4) is 0 Å². The van der Waals surface area contributed by atoms with Crippen LogP contribution in [-0.4, -0.2) is 22.6 Å². The number of hydrogen-bond acceptors (Lipinski definition) is 4. The molecular formula is C22H18ClN3O3. The Morgan fingerprint density at radius 3 is 2.59 bits per heavy atom. The van der Waals surface area contributed by atoms with Crippen molar-refractivity contribution in [2.24, 2.45) is 5.73 Å². The SMILES string of the molecule is COc1ccc(-n2c(COc3ccc(Cl)cc3C(N)=O)nc3ccccc32)cc1. The summed E-state index contributed by atoms with van der Waals surface area (Å²) in [5.41, 5.74) is 8.39. The van der Waals surface area contributed by atoms with Crippen LogP contribution in [0.25, 0.3) is 16.7 Å². The lowest BCUT2D eigenvalue weighted by molar-refractivity contribution is 0.0995. The van der Waals surface area contributed by atoms with E-state index in [1.54, 1.807) is 19.2 Å². The van der Waals surface area contributed by atoms with Gasteiger partial charge in [-0.25, -0.2) is 4.98 Å². The van der Waals surface area contributed by atoms with Gasteiger partial charge in [-0.1, -0.05) is 23.7 Å². The molecule has 0 fully saturated rings. The third-order valence-corrected chi connectivity index (χ3v) is 4.76. The quantitative estimate of drug-likeness (QED) is 0.514. The Kier molecular flexibility index (Phi) is 5.10. The molecule has 4 aromatic rings. The minimum absolute atomic E-state index is 0.141. The fraction of sp³-hybridized carbons (Fsp3) is 0.0909. The van der Waals surface area contributed by atoms with E-state index in [0.29, 0.717) is 16.6 Å². The second kappa shape index (κ2) is 7.85. The highest BCUT2D eigenvalue weighted by Gasteiger charge is 2.15. The van der Waals surface area contributed by atoms with Crippen molar-refractivity contribution < 1.29 is 14.3 Å². The van der Waals surface area contributed by atoms with E-state index in [9.17, 15) is 4.79 Å². The van der Waals surface area contributed by atoms with Crippen molar-refractivity contribution in [1.82, 2.24) is 9.55 Å². The highest BCUT2D eigenvalue weighted by atomic mass is 35.5. The number of imidazole rings is 1. The van der Waals surface area contributed by atoms with Gasteiger partial charge in [0.05, 0.1) is 23.7 Å². The van der Waals surface area contributed by atoms with E-state index in [-0.39, 0.29) is 12.2 Å². The van der Waals surface area contributed by atoms with E-state index in [0.717, 1.165) is 22.5 Å². The number of halogens is 1. The average Bonchev–Trinajstić information content (AvgIpc) is 3.11. The normalized spacial score (nSPS) is 10.8. The highest BCUT2D eigenvalue weighted by molar-refractivity contribution is 6.31. The number of methoxy groups -OCH3 is 1. The van der Waals surface area contributed by atoms with E-state index >= 15 is 0 Å². The van der Waals surface area contributed by atoms with Gasteiger partial charge in [0.25, 0.3) is 5.91 Å². The summed E-state index contributed by atoms with van der Waals surface area (Å²) in [6.45, 7) is 0.141. The molecular weight excluding hydrogens is 390 g/mol. The molecule has 7 heteroatoms. The molecule has 29 heavy (non-hydrogen) atoms. The molecule has 6 nitrogen and oxygen atoms in total. The maximum Gasteiger partial charge on any atom is 0.252 e. The van der Waals surface area contributed by atoms with Gasteiger partial charge in [0.2, 0.25) is 0 Å². The average molecular weight is 408 g/mol. The van der Waals surface area contributed by atoms with E-state index < -0.39 is 5.91 Å². The van der Waals surface area contributed by atoms with Crippen LogP contribution in [0.1, 0.15) is 16.2 Å². The van der Waals surface area contributed by atoms with Crippen LogP contribution in [0, 0.1) is 0 Å². The van der Waals surface area contributed by atoms with Gasteiger partial charge < -0.3 is 15.2 Å². The second-order valence-corrected chi connectivity index (χ2v) is 6.78. The number of aromatic nitrogens is 2. The summed E-state index contributed by atoms with van der Waals surface area (Å²) in [5.74, 6) is 1.20. The Morgan fingerprint density at radius 1 is 1.10 bits per heavy atom. The number of nitrogens with zero attached hydrogens (tertiary/aromatic N) is 2. The standard InChI is InChI=1S/C22H18ClN3O3/c1-28-16-9-7-15(8-10-16)26-19-5-3-2-4-18(19)25-21(26)13-29-20-11-6-14(23)12-17(20)22(24)27/h2-12H,13H2,1H3,(H2,24,27).